The molecule has 168 valence electrons. The zero-order chi connectivity index (χ0) is 22.8. The minimum Gasteiger partial charge on any atom is -0.389 e. The number of anilines is 1. The number of aliphatic hydroxyl groups excluding tert-OH is 1. The van der Waals surface area contributed by atoms with E-state index in [2.05, 4.69) is 25.6 Å². The van der Waals surface area contributed by atoms with Crippen LogP contribution < -0.4 is 10.6 Å². The molecule has 4 rings (SSSR count). The van der Waals surface area contributed by atoms with Crippen molar-refractivity contribution in [1.29, 1.82) is 0 Å². The summed E-state index contributed by atoms with van der Waals surface area (Å²) in [5, 5.41) is 16.7. The average Bonchev–Trinajstić information content (AvgIpc) is 2.79. The third kappa shape index (κ3) is 4.13. The van der Waals surface area contributed by atoms with E-state index in [1.165, 1.54) is 7.05 Å². The van der Waals surface area contributed by atoms with E-state index < -0.39 is 11.9 Å². The first-order valence-corrected chi connectivity index (χ1v) is 10.6. The van der Waals surface area contributed by atoms with Gasteiger partial charge in [0.05, 0.1) is 36.0 Å². The first-order chi connectivity index (χ1) is 15.4. The molecule has 0 aliphatic carbocycles. The van der Waals surface area contributed by atoms with Crippen LogP contribution in [0.3, 0.4) is 0 Å². The Hall–Kier alpha value is -3.17. The van der Waals surface area contributed by atoms with Gasteiger partial charge in [0.2, 0.25) is 5.95 Å². The molecule has 1 aliphatic heterocycles. The van der Waals surface area contributed by atoms with Gasteiger partial charge < -0.3 is 20.5 Å². The number of benzene rings is 1. The number of aliphatic hydroxyl groups is 1. The Morgan fingerprint density at radius 1 is 1.25 bits per heavy atom. The molecule has 0 bridgehead atoms. The van der Waals surface area contributed by atoms with Crippen LogP contribution >= 0.6 is 0 Å². The van der Waals surface area contributed by atoms with Crippen LogP contribution in [0.4, 0.5) is 10.3 Å². The SMILES string of the molecule is CNC(=O)c1c(-c2nc(N[C@@H]3CCOC[C@H]3O)ncc2F)nc2ccccc2c1C(C)C. The summed E-state index contributed by atoms with van der Waals surface area (Å²) < 4.78 is 20.2. The standard InChI is InChI=1S/C23H26FN5O3/c1-12(2)18-13-6-4-5-7-15(13)27-21(19(18)22(31)25-3)20-14(24)10-26-23(29-20)28-16-8-9-32-11-17(16)30/h4-7,10,12,16-17,30H,8-9,11H2,1-3H3,(H,25,31)(H,26,28,29)/t16-,17-/m1/s1. The molecule has 1 amide bonds. The molecular weight excluding hydrogens is 413 g/mol. The number of ether oxygens (including phenoxy) is 1. The van der Waals surface area contributed by atoms with Crippen molar-refractivity contribution in [3.63, 3.8) is 0 Å². The largest absolute Gasteiger partial charge is 0.389 e. The van der Waals surface area contributed by atoms with Gasteiger partial charge in [0.25, 0.3) is 5.91 Å². The summed E-state index contributed by atoms with van der Waals surface area (Å²) in [5.41, 5.74) is 1.79. The molecule has 1 fully saturated rings. The number of carbonyl (C=O) groups excluding carboxylic acids is 1. The van der Waals surface area contributed by atoms with Crippen molar-refractivity contribution in [3.05, 3.63) is 47.4 Å². The number of para-hydroxylation sites is 1. The van der Waals surface area contributed by atoms with Gasteiger partial charge in [0, 0.05) is 19.0 Å². The normalized spacial score (nSPS) is 18.7. The maximum absolute atomic E-state index is 15.0. The van der Waals surface area contributed by atoms with E-state index in [0.717, 1.165) is 17.1 Å². The lowest BCUT2D eigenvalue weighted by atomic mass is 9.90. The first-order valence-electron chi connectivity index (χ1n) is 10.6. The average molecular weight is 439 g/mol. The molecule has 9 heteroatoms. The second-order valence-corrected chi connectivity index (χ2v) is 8.07. The Balaban J connectivity index is 1.90. The summed E-state index contributed by atoms with van der Waals surface area (Å²) in [4.78, 5) is 26.0. The number of nitrogens with one attached hydrogen (secondary N) is 2. The highest BCUT2D eigenvalue weighted by Gasteiger charge is 2.28. The van der Waals surface area contributed by atoms with Crippen molar-refractivity contribution in [2.75, 3.05) is 25.6 Å². The van der Waals surface area contributed by atoms with E-state index >= 15 is 0 Å². The van der Waals surface area contributed by atoms with E-state index in [0.29, 0.717) is 18.5 Å². The molecule has 0 spiro atoms. The highest BCUT2D eigenvalue weighted by molar-refractivity contribution is 6.05. The number of amides is 1. The predicted molar refractivity (Wildman–Crippen MR) is 119 cm³/mol. The van der Waals surface area contributed by atoms with E-state index in [-0.39, 0.29) is 47.4 Å². The zero-order valence-corrected chi connectivity index (χ0v) is 18.2. The Morgan fingerprint density at radius 2 is 2.03 bits per heavy atom. The van der Waals surface area contributed by atoms with Gasteiger partial charge in [-0.15, -0.1) is 0 Å². The van der Waals surface area contributed by atoms with Crippen molar-refractivity contribution in [2.24, 2.45) is 0 Å². The molecule has 0 unspecified atom stereocenters. The number of fused-ring (bicyclic) bond motifs is 1. The highest BCUT2D eigenvalue weighted by atomic mass is 19.1. The molecule has 8 nitrogen and oxygen atoms in total. The molecule has 1 saturated heterocycles. The molecule has 1 aromatic carbocycles. The fourth-order valence-corrected chi connectivity index (χ4v) is 4.02. The summed E-state index contributed by atoms with van der Waals surface area (Å²) in [6, 6.07) is 7.14. The summed E-state index contributed by atoms with van der Waals surface area (Å²) in [5.74, 6) is -0.926. The second kappa shape index (κ2) is 9.13. The molecule has 32 heavy (non-hydrogen) atoms. The van der Waals surface area contributed by atoms with E-state index in [1.54, 1.807) is 0 Å². The van der Waals surface area contributed by atoms with Gasteiger partial charge in [0.15, 0.2) is 5.82 Å². The fraction of sp³-hybridized carbons (Fsp3) is 0.391. The van der Waals surface area contributed by atoms with Gasteiger partial charge in [0.1, 0.15) is 11.4 Å². The molecule has 2 atom stereocenters. The number of nitrogens with zero attached hydrogens (tertiary/aromatic N) is 3. The topological polar surface area (TPSA) is 109 Å². The second-order valence-electron chi connectivity index (χ2n) is 8.07. The van der Waals surface area contributed by atoms with E-state index in [9.17, 15) is 14.3 Å². The Kier molecular flexibility index (Phi) is 6.29. The highest BCUT2D eigenvalue weighted by Crippen LogP contribution is 2.35. The molecule has 3 N–H and O–H groups in total. The predicted octanol–water partition coefficient (Wildman–Crippen LogP) is 2.88. The molecule has 0 saturated carbocycles. The Labute approximate surface area is 185 Å². The van der Waals surface area contributed by atoms with Crippen LogP contribution in [0, 0.1) is 5.82 Å². The van der Waals surface area contributed by atoms with Gasteiger partial charge in [-0.3, -0.25) is 4.79 Å². The van der Waals surface area contributed by atoms with Crippen LogP contribution in [0.1, 0.15) is 42.1 Å². The van der Waals surface area contributed by atoms with Crippen molar-refractivity contribution in [3.8, 4) is 11.4 Å². The third-order valence-electron chi connectivity index (χ3n) is 5.57. The van der Waals surface area contributed by atoms with Crippen LogP contribution in [0.15, 0.2) is 30.5 Å². The molecule has 1 aliphatic rings. The molecule has 0 radical (unpaired) electrons. The minimum atomic E-state index is -0.728. The van der Waals surface area contributed by atoms with Gasteiger partial charge in [-0.25, -0.2) is 19.3 Å². The number of carbonyl (C=O) groups is 1. The number of rotatable bonds is 5. The quantitative estimate of drug-likeness (QED) is 0.561. The first kappa shape index (κ1) is 22.0. The van der Waals surface area contributed by atoms with Gasteiger partial charge >= 0.3 is 0 Å². The van der Waals surface area contributed by atoms with Crippen molar-refractivity contribution < 1.29 is 19.0 Å². The Bertz CT molecular complexity index is 1150. The lowest BCUT2D eigenvalue weighted by Crippen LogP contribution is -2.42. The monoisotopic (exact) mass is 439 g/mol. The van der Waals surface area contributed by atoms with Gasteiger partial charge in [-0.2, -0.15) is 0 Å². The molecule has 3 aromatic rings. The third-order valence-corrected chi connectivity index (χ3v) is 5.57. The summed E-state index contributed by atoms with van der Waals surface area (Å²) in [6.07, 6.45) is 0.885. The molecular formula is C23H26FN5O3. The maximum atomic E-state index is 15.0. The van der Waals surface area contributed by atoms with Crippen molar-refractivity contribution in [2.45, 2.75) is 38.3 Å². The summed E-state index contributed by atoms with van der Waals surface area (Å²) in [7, 11) is 1.53. The number of hydrogen-bond acceptors (Lipinski definition) is 7. The number of hydrogen-bond donors (Lipinski definition) is 3. The van der Waals surface area contributed by atoms with E-state index in [4.69, 9.17) is 4.74 Å². The number of aromatic nitrogens is 3. The number of halogens is 1. The Morgan fingerprint density at radius 3 is 2.75 bits per heavy atom. The minimum absolute atomic E-state index is 0.0196. The fourth-order valence-electron chi connectivity index (χ4n) is 4.02. The summed E-state index contributed by atoms with van der Waals surface area (Å²) in [6.45, 7) is 4.66. The van der Waals surface area contributed by atoms with Crippen LogP contribution in [0.25, 0.3) is 22.3 Å². The van der Waals surface area contributed by atoms with Crippen LogP contribution in [0.2, 0.25) is 0 Å². The van der Waals surface area contributed by atoms with Crippen LogP contribution in [0.5, 0.6) is 0 Å². The lowest BCUT2D eigenvalue weighted by molar-refractivity contribution is -0.0136. The maximum Gasteiger partial charge on any atom is 0.253 e. The molecule has 2 aromatic heterocycles. The van der Waals surface area contributed by atoms with E-state index in [1.807, 2.05) is 38.1 Å². The smallest absolute Gasteiger partial charge is 0.253 e. The zero-order valence-electron chi connectivity index (χ0n) is 18.2. The van der Waals surface area contributed by atoms with Crippen molar-refractivity contribution in [1.82, 2.24) is 20.3 Å². The van der Waals surface area contributed by atoms with Crippen molar-refractivity contribution >= 4 is 22.8 Å². The van der Waals surface area contributed by atoms with Crippen LogP contribution in [-0.4, -0.2) is 58.4 Å². The number of pyridine rings is 1. The lowest BCUT2D eigenvalue weighted by Gasteiger charge is -2.28. The van der Waals surface area contributed by atoms with Gasteiger partial charge in [-0.05, 0) is 24.0 Å². The van der Waals surface area contributed by atoms with Crippen LogP contribution in [-0.2, 0) is 4.74 Å². The van der Waals surface area contributed by atoms with Gasteiger partial charge in [-0.1, -0.05) is 32.0 Å². The molecule has 3 heterocycles. The summed E-state index contributed by atoms with van der Waals surface area (Å²) >= 11 is 0.